The molecule has 0 spiro atoms. The van der Waals surface area contributed by atoms with E-state index in [0.717, 1.165) is 17.2 Å². The molecule has 0 aliphatic heterocycles. The van der Waals surface area contributed by atoms with Crippen LogP contribution in [0.5, 0.6) is 11.5 Å². The average Bonchev–Trinajstić information content (AvgIpc) is 2.48. The molecule has 0 aliphatic rings. The predicted molar refractivity (Wildman–Crippen MR) is 78.9 cm³/mol. The van der Waals surface area contributed by atoms with E-state index in [-0.39, 0.29) is 17.9 Å². The number of carbonyl (C=O) groups excluding carboxylic acids is 1. The van der Waals surface area contributed by atoms with Gasteiger partial charge in [-0.2, -0.15) is 0 Å². The Hall–Kier alpha value is -2.07. The standard InChI is InChI=1S/C16H14ClFO3/c1-10-5-11(3-4-13(10)17)9-21-16-7-14(18)12(8-19)6-15(16)20-2/h3-8H,9H2,1-2H3. The zero-order chi connectivity index (χ0) is 15.4. The maximum atomic E-state index is 13.6. The van der Waals surface area contributed by atoms with Gasteiger partial charge in [-0.25, -0.2) is 4.39 Å². The van der Waals surface area contributed by atoms with Crippen LogP contribution in [0.15, 0.2) is 30.3 Å². The highest BCUT2D eigenvalue weighted by Gasteiger charge is 2.11. The van der Waals surface area contributed by atoms with E-state index in [2.05, 4.69) is 0 Å². The van der Waals surface area contributed by atoms with Crippen LogP contribution in [0.1, 0.15) is 21.5 Å². The SMILES string of the molecule is COc1cc(C=O)c(F)cc1OCc1ccc(Cl)c(C)c1. The molecule has 5 heteroatoms. The number of methoxy groups -OCH3 is 1. The quantitative estimate of drug-likeness (QED) is 0.777. The summed E-state index contributed by atoms with van der Waals surface area (Å²) < 4.78 is 24.3. The lowest BCUT2D eigenvalue weighted by molar-refractivity contribution is 0.111. The minimum atomic E-state index is -0.645. The number of aldehydes is 1. The Morgan fingerprint density at radius 1 is 1.24 bits per heavy atom. The lowest BCUT2D eigenvalue weighted by atomic mass is 10.1. The number of benzene rings is 2. The predicted octanol–water partition coefficient (Wildman–Crippen LogP) is 4.19. The molecule has 0 unspecified atom stereocenters. The summed E-state index contributed by atoms with van der Waals surface area (Å²) in [4.78, 5) is 10.7. The molecule has 0 saturated heterocycles. The molecule has 0 heterocycles. The number of hydrogen-bond donors (Lipinski definition) is 0. The van der Waals surface area contributed by atoms with E-state index in [1.54, 1.807) is 6.07 Å². The van der Waals surface area contributed by atoms with Crippen LogP contribution in [-0.2, 0) is 6.61 Å². The average molecular weight is 309 g/mol. The fourth-order valence-corrected chi connectivity index (χ4v) is 1.99. The maximum absolute atomic E-state index is 13.6. The monoisotopic (exact) mass is 308 g/mol. The van der Waals surface area contributed by atoms with Gasteiger partial charge in [0.2, 0.25) is 0 Å². The summed E-state index contributed by atoms with van der Waals surface area (Å²) in [5, 5.41) is 0.678. The molecule has 0 fully saturated rings. The Morgan fingerprint density at radius 2 is 2.00 bits per heavy atom. The minimum absolute atomic E-state index is 0.0680. The van der Waals surface area contributed by atoms with Gasteiger partial charge in [0.25, 0.3) is 0 Å². The van der Waals surface area contributed by atoms with E-state index in [9.17, 15) is 9.18 Å². The van der Waals surface area contributed by atoms with Gasteiger partial charge in [-0.15, -0.1) is 0 Å². The molecular weight excluding hydrogens is 295 g/mol. The van der Waals surface area contributed by atoms with Crippen molar-refractivity contribution in [2.45, 2.75) is 13.5 Å². The summed E-state index contributed by atoms with van der Waals surface area (Å²) in [5.74, 6) is -0.0922. The summed E-state index contributed by atoms with van der Waals surface area (Å²) in [5.41, 5.74) is 1.77. The van der Waals surface area contributed by atoms with Crippen molar-refractivity contribution in [3.8, 4) is 11.5 Å². The molecule has 0 aliphatic carbocycles. The van der Waals surface area contributed by atoms with Crippen LogP contribution in [-0.4, -0.2) is 13.4 Å². The number of halogens is 2. The molecule has 110 valence electrons. The largest absolute Gasteiger partial charge is 0.493 e. The third-order valence-corrected chi connectivity index (χ3v) is 3.45. The van der Waals surface area contributed by atoms with Gasteiger partial charge in [-0.05, 0) is 30.2 Å². The summed E-state index contributed by atoms with van der Waals surface area (Å²) in [6.45, 7) is 2.14. The van der Waals surface area contributed by atoms with Crippen molar-refractivity contribution in [1.82, 2.24) is 0 Å². The Kier molecular flexibility index (Phi) is 4.81. The second kappa shape index (κ2) is 6.59. The lowest BCUT2D eigenvalue weighted by Crippen LogP contribution is -2.00. The van der Waals surface area contributed by atoms with Crippen molar-refractivity contribution >= 4 is 17.9 Å². The molecular formula is C16H14ClFO3. The van der Waals surface area contributed by atoms with Gasteiger partial charge >= 0.3 is 0 Å². The van der Waals surface area contributed by atoms with Crippen LogP contribution in [0.25, 0.3) is 0 Å². The van der Waals surface area contributed by atoms with Crippen molar-refractivity contribution in [3.05, 3.63) is 57.9 Å². The Labute approximate surface area is 127 Å². The summed E-state index contributed by atoms with van der Waals surface area (Å²) in [7, 11) is 1.43. The first-order valence-electron chi connectivity index (χ1n) is 6.25. The van der Waals surface area contributed by atoms with E-state index in [0.29, 0.717) is 17.1 Å². The second-order valence-electron chi connectivity index (χ2n) is 4.51. The highest BCUT2D eigenvalue weighted by atomic mass is 35.5. The van der Waals surface area contributed by atoms with E-state index < -0.39 is 5.82 Å². The third kappa shape index (κ3) is 3.52. The van der Waals surface area contributed by atoms with Crippen molar-refractivity contribution in [3.63, 3.8) is 0 Å². The Bertz CT molecular complexity index is 671. The maximum Gasteiger partial charge on any atom is 0.164 e. The van der Waals surface area contributed by atoms with Crippen LogP contribution in [0.2, 0.25) is 5.02 Å². The molecule has 0 aromatic heterocycles. The summed E-state index contributed by atoms with van der Waals surface area (Å²) in [6.07, 6.45) is 0.435. The van der Waals surface area contributed by atoms with Crippen LogP contribution < -0.4 is 9.47 Å². The third-order valence-electron chi connectivity index (χ3n) is 3.03. The van der Waals surface area contributed by atoms with Crippen LogP contribution >= 0.6 is 11.6 Å². The van der Waals surface area contributed by atoms with Crippen molar-refractivity contribution in [2.75, 3.05) is 7.11 Å². The zero-order valence-electron chi connectivity index (χ0n) is 11.7. The Balaban J connectivity index is 2.21. The topological polar surface area (TPSA) is 35.5 Å². The number of rotatable bonds is 5. The first-order chi connectivity index (χ1) is 10.0. The van der Waals surface area contributed by atoms with Gasteiger partial charge in [0.05, 0.1) is 12.7 Å². The minimum Gasteiger partial charge on any atom is -0.493 e. The molecule has 0 atom stereocenters. The molecule has 2 aromatic rings. The van der Waals surface area contributed by atoms with Gasteiger partial charge in [-0.3, -0.25) is 4.79 Å². The van der Waals surface area contributed by atoms with Gasteiger partial charge in [0.1, 0.15) is 12.4 Å². The van der Waals surface area contributed by atoms with Gasteiger partial charge < -0.3 is 9.47 Å². The molecule has 21 heavy (non-hydrogen) atoms. The first-order valence-corrected chi connectivity index (χ1v) is 6.63. The van der Waals surface area contributed by atoms with E-state index in [4.69, 9.17) is 21.1 Å². The van der Waals surface area contributed by atoms with E-state index >= 15 is 0 Å². The van der Waals surface area contributed by atoms with Crippen LogP contribution in [0.3, 0.4) is 0 Å². The van der Waals surface area contributed by atoms with Crippen molar-refractivity contribution in [2.24, 2.45) is 0 Å². The van der Waals surface area contributed by atoms with Crippen LogP contribution in [0.4, 0.5) is 4.39 Å². The normalized spacial score (nSPS) is 10.3. The molecule has 0 radical (unpaired) electrons. The number of carbonyl (C=O) groups is 1. The lowest BCUT2D eigenvalue weighted by Gasteiger charge is -2.12. The molecule has 2 aromatic carbocycles. The zero-order valence-corrected chi connectivity index (χ0v) is 12.4. The van der Waals surface area contributed by atoms with Gasteiger partial charge in [0.15, 0.2) is 17.8 Å². The highest BCUT2D eigenvalue weighted by molar-refractivity contribution is 6.31. The highest BCUT2D eigenvalue weighted by Crippen LogP contribution is 2.30. The molecule has 0 N–H and O–H groups in total. The summed E-state index contributed by atoms with van der Waals surface area (Å²) in [6, 6.07) is 7.96. The van der Waals surface area contributed by atoms with Crippen LogP contribution in [0, 0.1) is 12.7 Å². The number of hydrogen-bond acceptors (Lipinski definition) is 3. The fraction of sp³-hybridized carbons (Fsp3) is 0.188. The number of aryl methyl sites for hydroxylation is 1. The number of ether oxygens (including phenoxy) is 2. The van der Waals surface area contributed by atoms with Crippen molar-refractivity contribution < 1.29 is 18.7 Å². The molecule has 0 amide bonds. The first kappa shape index (κ1) is 15.3. The molecule has 3 nitrogen and oxygen atoms in total. The summed E-state index contributed by atoms with van der Waals surface area (Å²) >= 11 is 5.96. The van der Waals surface area contributed by atoms with Crippen molar-refractivity contribution in [1.29, 1.82) is 0 Å². The van der Waals surface area contributed by atoms with E-state index in [1.807, 2.05) is 19.1 Å². The van der Waals surface area contributed by atoms with Gasteiger partial charge in [-0.1, -0.05) is 23.7 Å². The Morgan fingerprint density at radius 3 is 2.62 bits per heavy atom. The molecule has 0 saturated carbocycles. The molecule has 2 rings (SSSR count). The van der Waals surface area contributed by atoms with E-state index in [1.165, 1.54) is 13.2 Å². The smallest absolute Gasteiger partial charge is 0.164 e. The fourth-order valence-electron chi connectivity index (χ4n) is 1.87. The molecule has 0 bridgehead atoms. The second-order valence-corrected chi connectivity index (χ2v) is 4.92. The van der Waals surface area contributed by atoms with Gasteiger partial charge in [0, 0.05) is 11.1 Å².